The molecule has 0 bridgehead atoms. The highest BCUT2D eigenvalue weighted by Crippen LogP contribution is 2.36. The van der Waals surface area contributed by atoms with Crippen molar-refractivity contribution in [3.63, 3.8) is 0 Å². The molecule has 2 saturated heterocycles. The lowest BCUT2D eigenvalue weighted by Gasteiger charge is -2.44. The number of carbonyl (C=O) groups is 1. The zero-order valence-corrected chi connectivity index (χ0v) is 13.2. The minimum Gasteiger partial charge on any atom is -0.337 e. The maximum absolute atomic E-state index is 12.6. The summed E-state index contributed by atoms with van der Waals surface area (Å²) in [6.45, 7) is 2.39. The third-order valence-electron chi connectivity index (χ3n) is 5.25. The van der Waals surface area contributed by atoms with E-state index >= 15 is 0 Å². The second kappa shape index (κ2) is 5.82. The van der Waals surface area contributed by atoms with E-state index in [2.05, 4.69) is 11.9 Å². The van der Waals surface area contributed by atoms with Crippen LogP contribution in [0, 0.1) is 0 Å². The molecular formula is C17H21F3N2O. The van der Waals surface area contributed by atoms with Gasteiger partial charge in [0.15, 0.2) is 0 Å². The second-order valence-electron chi connectivity index (χ2n) is 6.65. The maximum atomic E-state index is 12.6. The Morgan fingerprint density at radius 2 is 1.70 bits per heavy atom. The molecule has 0 aromatic heterocycles. The summed E-state index contributed by atoms with van der Waals surface area (Å²) in [6.07, 6.45) is -0.126. The summed E-state index contributed by atoms with van der Waals surface area (Å²) >= 11 is 0. The second-order valence-corrected chi connectivity index (χ2v) is 6.65. The Balaban J connectivity index is 1.75. The number of likely N-dealkylation sites (tertiary alicyclic amines) is 2. The normalized spacial score (nSPS) is 26.0. The molecule has 2 fully saturated rings. The van der Waals surface area contributed by atoms with Gasteiger partial charge in [0.25, 0.3) is 5.91 Å². The summed E-state index contributed by atoms with van der Waals surface area (Å²) in [5.41, 5.74) is -0.338. The lowest BCUT2D eigenvalue weighted by molar-refractivity contribution is -0.137. The average molecular weight is 326 g/mol. The standard InChI is InChI=1S/C17H21F3N2O/c1-21-10-2-8-16(21)9-3-11-22(12-16)15(23)13-4-6-14(7-5-13)17(18,19)20/h4-7H,2-3,8-12H2,1H3/t16-/m1/s1. The van der Waals surface area contributed by atoms with E-state index in [-0.39, 0.29) is 11.4 Å². The van der Waals surface area contributed by atoms with E-state index in [1.165, 1.54) is 12.1 Å². The summed E-state index contributed by atoms with van der Waals surface area (Å²) in [5, 5.41) is 0. The Kier molecular flexibility index (Phi) is 4.12. The van der Waals surface area contributed by atoms with Crippen molar-refractivity contribution in [1.82, 2.24) is 9.80 Å². The van der Waals surface area contributed by atoms with Crippen molar-refractivity contribution in [1.29, 1.82) is 0 Å². The first-order chi connectivity index (χ1) is 10.8. The largest absolute Gasteiger partial charge is 0.416 e. The fourth-order valence-corrected chi connectivity index (χ4v) is 3.86. The number of carbonyl (C=O) groups excluding carboxylic acids is 1. The molecule has 0 unspecified atom stereocenters. The summed E-state index contributed by atoms with van der Waals surface area (Å²) < 4.78 is 37.9. The molecule has 2 heterocycles. The van der Waals surface area contributed by atoms with Crippen molar-refractivity contribution in [3.8, 4) is 0 Å². The SMILES string of the molecule is CN1CCC[C@]12CCCN(C(=O)c1ccc(C(F)(F)F)cc1)C2. The van der Waals surface area contributed by atoms with E-state index in [1.807, 2.05) is 0 Å². The van der Waals surface area contributed by atoms with Gasteiger partial charge < -0.3 is 4.90 Å². The monoisotopic (exact) mass is 326 g/mol. The molecule has 1 aromatic carbocycles. The van der Waals surface area contributed by atoms with Crippen LogP contribution < -0.4 is 0 Å². The van der Waals surface area contributed by atoms with E-state index < -0.39 is 11.7 Å². The minimum absolute atomic E-state index is 0.0554. The van der Waals surface area contributed by atoms with Crippen LogP contribution in [0.4, 0.5) is 13.2 Å². The maximum Gasteiger partial charge on any atom is 0.416 e. The van der Waals surface area contributed by atoms with Gasteiger partial charge in [-0.15, -0.1) is 0 Å². The number of hydrogen-bond acceptors (Lipinski definition) is 2. The van der Waals surface area contributed by atoms with Crippen LogP contribution in [0.3, 0.4) is 0 Å². The molecule has 1 atom stereocenters. The molecule has 1 amide bonds. The predicted molar refractivity (Wildman–Crippen MR) is 81.2 cm³/mol. The summed E-state index contributed by atoms with van der Waals surface area (Å²) in [6, 6.07) is 4.53. The van der Waals surface area contributed by atoms with E-state index in [4.69, 9.17) is 0 Å². The Hall–Kier alpha value is -1.56. The molecule has 126 valence electrons. The van der Waals surface area contributed by atoms with Crippen molar-refractivity contribution in [2.75, 3.05) is 26.7 Å². The summed E-state index contributed by atoms with van der Waals surface area (Å²) in [4.78, 5) is 16.8. The zero-order chi connectivity index (χ0) is 16.7. The van der Waals surface area contributed by atoms with E-state index in [9.17, 15) is 18.0 Å². The van der Waals surface area contributed by atoms with Gasteiger partial charge in [0.05, 0.1) is 5.56 Å². The van der Waals surface area contributed by atoms with Crippen molar-refractivity contribution < 1.29 is 18.0 Å². The molecule has 2 aliphatic rings. The Morgan fingerprint density at radius 1 is 1.09 bits per heavy atom. The van der Waals surface area contributed by atoms with Gasteiger partial charge in [-0.25, -0.2) is 0 Å². The minimum atomic E-state index is -4.37. The lowest BCUT2D eigenvalue weighted by atomic mass is 9.86. The quantitative estimate of drug-likeness (QED) is 0.790. The molecule has 0 radical (unpaired) electrons. The van der Waals surface area contributed by atoms with Crippen molar-refractivity contribution >= 4 is 5.91 Å². The number of halogens is 3. The van der Waals surface area contributed by atoms with Crippen LogP contribution in [0.1, 0.15) is 41.6 Å². The number of benzene rings is 1. The highest BCUT2D eigenvalue weighted by atomic mass is 19.4. The molecule has 2 aliphatic heterocycles. The van der Waals surface area contributed by atoms with Gasteiger partial charge in [0, 0.05) is 24.2 Å². The molecule has 23 heavy (non-hydrogen) atoms. The molecule has 3 nitrogen and oxygen atoms in total. The number of amides is 1. The number of nitrogens with zero attached hydrogens (tertiary/aromatic N) is 2. The predicted octanol–water partition coefficient (Wildman–Crippen LogP) is 3.41. The molecule has 3 rings (SSSR count). The molecule has 1 aromatic rings. The Morgan fingerprint density at radius 3 is 2.26 bits per heavy atom. The van der Waals surface area contributed by atoms with Gasteiger partial charge in [-0.3, -0.25) is 9.69 Å². The van der Waals surface area contributed by atoms with Gasteiger partial charge in [-0.05, 0) is 63.5 Å². The van der Waals surface area contributed by atoms with Crippen LogP contribution >= 0.6 is 0 Å². The zero-order valence-electron chi connectivity index (χ0n) is 13.2. The van der Waals surface area contributed by atoms with Gasteiger partial charge in [-0.2, -0.15) is 13.2 Å². The van der Waals surface area contributed by atoms with E-state index in [1.54, 1.807) is 4.90 Å². The van der Waals surface area contributed by atoms with Crippen LogP contribution in [0.2, 0.25) is 0 Å². The third kappa shape index (κ3) is 3.09. The summed E-state index contributed by atoms with van der Waals surface area (Å²) in [7, 11) is 2.10. The topological polar surface area (TPSA) is 23.6 Å². The number of likely N-dealkylation sites (N-methyl/N-ethyl adjacent to an activating group) is 1. The molecule has 0 saturated carbocycles. The van der Waals surface area contributed by atoms with Gasteiger partial charge in [0.1, 0.15) is 0 Å². The van der Waals surface area contributed by atoms with Crippen LogP contribution in [-0.2, 0) is 6.18 Å². The molecule has 1 spiro atoms. The first-order valence-electron chi connectivity index (χ1n) is 8.00. The number of rotatable bonds is 1. The van der Waals surface area contributed by atoms with Crippen molar-refractivity contribution in [3.05, 3.63) is 35.4 Å². The fourth-order valence-electron chi connectivity index (χ4n) is 3.86. The van der Waals surface area contributed by atoms with Gasteiger partial charge in [0.2, 0.25) is 0 Å². The van der Waals surface area contributed by atoms with Gasteiger partial charge in [-0.1, -0.05) is 0 Å². The van der Waals surface area contributed by atoms with Gasteiger partial charge >= 0.3 is 6.18 Å². The number of alkyl halides is 3. The van der Waals surface area contributed by atoms with Crippen LogP contribution in [-0.4, -0.2) is 47.9 Å². The molecular weight excluding hydrogens is 305 g/mol. The average Bonchev–Trinajstić information content (AvgIpc) is 2.86. The Labute approximate surface area is 134 Å². The highest BCUT2D eigenvalue weighted by Gasteiger charge is 2.43. The van der Waals surface area contributed by atoms with Crippen LogP contribution in [0.15, 0.2) is 24.3 Å². The van der Waals surface area contributed by atoms with E-state index in [0.29, 0.717) is 18.7 Å². The van der Waals surface area contributed by atoms with Crippen LogP contribution in [0.5, 0.6) is 0 Å². The number of piperidine rings is 1. The summed E-state index contributed by atoms with van der Waals surface area (Å²) in [5.74, 6) is -0.168. The first kappa shape index (κ1) is 16.3. The first-order valence-corrected chi connectivity index (χ1v) is 8.00. The van der Waals surface area contributed by atoms with Crippen LogP contribution in [0.25, 0.3) is 0 Å². The van der Waals surface area contributed by atoms with E-state index in [0.717, 1.165) is 44.4 Å². The smallest absolute Gasteiger partial charge is 0.337 e. The fraction of sp³-hybridized carbons (Fsp3) is 0.588. The highest BCUT2D eigenvalue weighted by molar-refractivity contribution is 5.94. The van der Waals surface area contributed by atoms with Crippen molar-refractivity contribution in [2.24, 2.45) is 0 Å². The molecule has 0 N–H and O–H groups in total. The third-order valence-corrected chi connectivity index (χ3v) is 5.25. The molecule has 6 heteroatoms. The Bertz CT molecular complexity index is 584. The van der Waals surface area contributed by atoms with Crippen molar-refractivity contribution in [2.45, 2.75) is 37.4 Å². The lowest BCUT2D eigenvalue weighted by Crippen LogP contribution is -2.55. The number of hydrogen-bond donors (Lipinski definition) is 0. The molecule has 0 aliphatic carbocycles.